The molecule has 0 radical (unpaired) electrons. The Morgan fingerprint density at radius 1 is 1.31 bits per heavy atom. The first-order valence-corrected chi connectivity index (χ1v) is 6.15. The summed E-state index contributed by atoms with van der Waals surface area (Å²) in [5.74, 6) is 0. The fourth-order valence-electron chi connectivity index (χ4n) is 1.71. The monoisotopic (exact) mass is 221 g/mol. The van der Waals surface area contributed by atoms with Crippen LogP contribution in [0.4, 0.5) is 0 Å². The van der Waals surface area contributed by atoms with Crippen LogP contribution in [0.1, 0.15) is 37.4 Å². The lowest BCUT2D eigenvalue weighted by Crippen LogP contribution is -2.26. The van der Waals surface area contributed by atoms with E-state index in [2.05, 4.69) is 43.4 Å². The summed E-state index contributed by atoms with van der Waals surface area (Å²) in [7, 11) is 0. The fourth-order valence-corrected chi connectivity index (χ4v) is 1.71. The minimum Gasteiger partial charge on any atom is -0.380 e. The fraction of sp³-hybridized carbons (Fsp3) is 0.571. The van der Waals surface area contributed by atoms with Crippen molar-refractivity contribution >= 4 is 0 Å². The van der Waals surface area contributed by atoms with Crippen molar-refractivity contribution in [3.63, 3.8) is 0 Å². The van der Waals surface area contributed by atoms with Crippen molar-refractivity contribution in [3.8, 4) is 0 Å². The van der Waals surface area contributed by atoms with E-state index in [4.69, 9.17) is 4.74 Å². The molecule has 1 N–H and O–H groups in total. The lowest BCUT2D eigenvalue weighted by Gasteiger charge is -2.19. The van der Waals surface area contributed by atoms with Crippen LogP contribution < -0.4 is 5.32 Å². The van der Waals surface area contributed by atoms with Gasteiger partial charge in [0.25, 0.3) is 0 Å². The maximum atomic E-state index is 5.52. The number of nitrogens with one attached hydrogen (secondary N) is 1. The highest BCUT2D eigenvalue weighted by Crippen LogP contribution is 2.15. The molecule has 2 heteroatoms. The Balaban J connectivity index is 2.66. The van der Waals surface area contributed by atoms with Crippen molar-refractivity contribution in [2.45, 2.75) is 33.2 Å². The van der Waals surface area contributed by atoms with E-state index in [1.807, 2.05) is 6.92 Å². The van der Waals surface area contributed by atoms with Gasteiger partial charge in [0.2, 0.25) is 0 Å². The van der Waals surface area contributed by atoms with Gasteiger partial charge in [0.1, 0.15) is 0 Å². The summed E-state index contributed by atoms with van der Waals surface area (Å²) in [5, 5.41) is 3.52. The van der Waals surface area contributed by atoms with Crippen LogP contribution in [0.3, 0.4) is 0 Å². The minimum absolute atomic E-state index is 0.319. The first-order valence-electron chi connectivity index (χ1n) is 6.15. The van der Waals surface area contributed by atoms with Crippen molar-refractivity contribution in [1.29, 1.82) is 0 Å². The van der Waals surface area contributed by atoms with Gasteiger partial charge in [-0.1, -0.05) is 36.8 Å². The molecular weight excluding hydrogens is 198 g/mol. The standard InChI is InChI=1S/C14H23NO/c1-4-9-15-14(11-16-5-2)13-8-6-7-12(3)10-13/h6-8,10,14-15H,4-5,9,11H2,1-3H3. The zero-order valence-corrected chi connectivity index (χ0v) is 10.6. The Morgan fingerprint density at radius 2 is 2.12 bits per heavy atom. The second-order valence-electron chi connectivity index (χ2n) is 4.08. The van der Waals surface area contributed by atoms with Crippen molar-refractivity contribution in [2.75, 3.05) is 19.8 Å². The third kappa shape index (κ3) is 4.33. The molecule has 16 heavy (non-hydrogen) atoms. The predicted octanol–water partition coefficient (Wildman–Crippen LogP) is 3.07. The van der Waals surface area contributed by atoms with Gasteiger partial charge >= 0.3 is 0 Å². The number of benzene rings is 1. The molecule has 0 fully saturated rings. The number of aryl methyl sites for hydroxylation is 1. The highest BCUT2D eigenvalue weighted by atomic mass is 16.5. The van der Waals surface area contributed by atoms with Gasteiger partial charge in [-0.15, -0.1) is 0 Å². The average molecular weight is 221 g/mol. The van der Waals surface area contributed by atoms with Crippen molar-refractivity contribution in [3.05, 3.63) is 35.4 Å². The van der Waals surface area contributed by atoms with Gasteiger partial charge in [0, 0.05) is 6.61 Å². The van der Waals surface area contributed by atoms with Crippen LogP contribution in [-0.4, -0.2) is 19.8 Å². The van der Waals surface area contributed by atoms with E-state index in [0.717, 1.165) is 26.2 Å². The van der Waals surface area contributed by atoms with Gasteiger partial charge in [-0.25, -0.2) is 0 Å². The lowest BCUT2D eigenvalue weighted by atomic mass is 10.0. The summed E-state index contributed by atoms with van der Waals surface area (Å²) >= 11 is 0. The third-order valence-corrected chi connectivity index (χ3v) is 2.57. The molecule has 2 nitrogen and oxygen atoms in total. The molecule has 0 amide bonds. The minimum atomic E-state index is 0.319. The topological polar surface area (TPSA) is 21.3 Å². The van der Waals surface area contributed by atoms with Crippen LogP contribution in [0.15, 0.2) is 24.3 Å². The Hall–Kier alpha value is -0.860. The molecule has 1 rings (SSSR count). The van der Waals surface area contributed by atoms with Crippen LogP contribution in [0.5, 0.6) is 0 Å². The van der Waals surface area contributed by atoms with Gasteiger partial charge in [-0.05, 0) is 32.4 Å². The SMILES string of the molecule is CCCNC(COCC)c1cccc(C)c1. The first kappa shape index (κ1) is 13.2. The van der Waals surface area contributed by atoms with E-state index in [9.17, 15) is 0 Å². The smallest absolute Gasteiger partial charge is 0.0661 e. The molecule has 0 bridgehead atoms. The van der Waals surface area contributed by atoms with E-state index < -0.39 is 0 Å². The molecule has 0 aliphatic carbocycles. The van der Waals surface area contributed by atoms with E-state index in [-0.39, 0.29) is 0 Å². The summed E-state index contributed by atoms with van der Waals surface area (Å²) in [5.41, 5.74) is 2.62. The van der Waals surface area contributed by atoms with E-state index in [1.54, 1.807) is 0 Å². The summed E-state index contributed by atoms with van der Waals surface area (Å²) in [6, 6.07) is 8.95. The molecule has 0 aliphatic rings. The highest BCUT2D eigenvalue weighted by Gasteiger charge is 2.10. The van der Waals surface area contributed by atoms with Gasteiger partial charge in [0.05, 0.1) is 12.6 Å². The highest BCUT2D eigenvalue weighted by molar-refractivity contribution is 5.25. The number of ether oxygens (including phenoxy) is 1. The van der Waals surface area contributed by atoms with Crippen LogP contribution in [0.2, 0.25) is 0 Å². The summed E-state index contributed by atoms with van der Waals surface area (Å²) in [6.45, 7) is 8.90. The van der Waals surface area contributed by atoms with Gasteiger partial charge in [-0.2, -0.15) is 0 Å². The Labute approximate surface area is 99.0 Å². The van der Waals surface area contributed by atoms with Crippen molar-refractivity contribution in [2.24, 2.45) is 0 Å². The third-order valence-electron chi connectivity index (χ3n) is 2.57. The van der Waals surface area contributed by atoms with Crippen LogP contribution in [-0.2, 0) is 4.74 Å². The maximum absolute atomic E-state index is 5.52. The number of hydrogen-bond donors (Lipinski definition) is 1. The van der Waals surface area contributed by atoms with Crippen LogP contribution in [0.25, 0.3) is 0 Å². The van der Waals surface area contributed by atoms with Crippen molar-refractivity contribution < 1.29 is 4.74 Å². The zero-order valence-electron chi connectivity index (χ0n) is 10.6. The average Bonchev–Trinajstić information content (AvgIpc) is 2.29. The van der Waals surface area contributed by atoms with E-state index in [0.29, 0.717) is 6.04 Å². The Morgan fingerprint density at radius 3 is 2.75 bits per heavy atom. The molecule has 90 valence electrons. The Kier molecular flexibility index (Phi) is 6.12. The largest absolute Gasteiger partial charge is 0.380 e. The van der Waals surface area contributed by atoms with Gasteiger partial charge in [-0.3, -0.25) is 0 Å². The number of rotatable bonds is 7. The molecule has 0 saturated heterocycles. The second kappa shape index (κ2) is 7.42. The lowest BCUT2D eigenvalue weighted by molar-refractivity contribution is 0.123. The molecule has 1 unspecified atom stereocenters. The first-order chi connectivity index (χ1) is 7.77. The quantitative estimate of drug-likeness (QED) is 0.764. The molecular formula is C14H23NO. The normalized spacial score (nSPS) is 12.7. The second-order valence-corrected chi connectivity index (χ2v) is 4.08. The zero-order chi connectivity index (χ0) is 11.8. The summed E-state index contributed by atoms with van der Waals surface area (Å²) in [4.78, 5) is 0. The maximum Gasteiger partial charge on any atom is 0.0661 e. The van der Waals surface area contributed by atoms with Crippen LogP contribution in [0, 0.1) is 6.92 Å². The molecule has 0 saturated carbocycles. The van der Waals surface area contributed by atoms with Gasteiger partial charge in [0.15, 0.2) is 0 Å². The summed E-state index contributed by atoms with van der Waals surface area (Å²) < 4.78 is 5.52. The predicted molar refractivity (Wildman–Crippen MR) is 68.7 cm³/mol. The van der Waals surface area contributed by atoms with Crippen LogP contribution >= 0.6 is 0 Å². The molecule has 1 aromatic rings. The molecule has 1 atom stereocenters. The molecule has 0 heterocycles. The summed E-state index contributed by atoms with van der Waals surface area (Å²) in [6.07, 6.45) is 1.15. The Bertz CT molecular complexity index is 291. The molecule has 1 aromatic carbocycles. The molecule has 0 spiro atoms. The number of hydrogen-bond acceptors (Lipinski definition) is 2. The van der Waals surface area contributed by atoms with E-state index >= 15 is 0 Å². The molecule has 0 aromatic heterocycles. The van der Waals surface area contributed by atoms with E-state index in [1.165, 1.54) is 11.1 Å². The molecule has 0 aliphatic heterocycles. The van der Waals surface area contributed by atoms with Crippen molar-refractivity contribution in [1.82, 2.24) is 5.32 Å². The van der Waals surface area contributed by atoms with Gasteiger partial charge < -0.3 is 10.1 Å².